The molecule has 6 nitrogen and oxygen atoms in total. The van der Waals surface area contributed by atoms with Crippen molar-refractivity contribution in [3.8, 4) is 0 Å². The predicted octanol–water partition coefficient (Wildman–Crippen LogP) is 1.23. The first-order valence-electron chi connectivity index (χ1n) is 6.52. The summed E-state index contributed by atoms with van der Waals surface area (Å²) in [5, 5.41) is 10.3. The van der Waals surface area contributed by atoms with Crippen LogP contribution in [0.5, 0.6) is 0 Å². The van der Waals surface area contributed by atoms with Crippen LogP contribution in [0.2, 0.25) is 0 Å². The van der Waals surface area contributed by atoms with E-state index in [0.29, 0.717) is 10.7 Å². The smallest absolute Gasteiger partial charge is 0.242 e. The highest BCUT2D eigenvalue weighted by Crippen LogP contribution is 2.28. The number of thioether (sulfide) groups is 1. The third kappa shape index (κ3) is 3.91. The molecule has 1 atom stereocenters. The molecule has 1 fully saturated rings. The molecule has 0 aromatic heterocycles. The molecule has 2 amide bonds. The van der Waals surface area contributed by atoms with Gasteiger partial charge in [-0.1, -0.05) is 23.9 Å². The van der Waals surface area contributed by atoms with E-state index in [2.05, 4.69) is 15.5 Å². The molecule has 116 valence electrons. The van der Waals surface area contributed by atoms with Crippen molar-refractivity contribution in [2.75, 3.05) is 14.1 Å². The summed E-state index contributed by atoms with van der Waals surface area (Å²) in [7, 11) is 3.11. The zero-order valence-electron chi connectivity index (χ0n) is 12.1. The Morgan fingerprint density at radius 2 is 2.14 bits per heavy atom. The Labute approximate surface area is 131 Å². The second-order valence-corrected chi connectivity index (χ2v) is 5.73. The highest BCUT2D eigenvalue weighted by Gasteiger charge is 2.36. The maximum Gasteiger partial charge on any atom is 0.242 e. The molecule has 0 saturated carbocycles. The largest absolute Gasteiger partial charge is 0.359 e. The molecule has 0 bridgehead atoms. The topological polar surface area (TPSA) is 74.1 Å². The van der Waals surface area contributed by atoms with Crippen LogP contribution in [0.3, 0.4) is 0 Å². The van der Waals surface area contributed by atoms with Gasteiger partial charge in [0.15, 0.2) is 5.17 Å². The van der Waals surface area contributed by atoms with E-state index in [4.69, 9.17) is 0 Å². The molecule has 0 radical (unpaired) electrons. The maximum atomic E-state index is 12.8. The Bertz CT molecular complexity index is 630. The van der Waals surface area contributed by atoms with Crippen LogP contribution >= 0.6 is 11.8 Å². The van der Waals surface area contributed by atoms with Gasteiger partial charge in [-0.2, -0.15) is 5.10 Å². The van der Waals surface area contributed by atoms with Gasteiger partial charge in [0.1, 0.15) is 11.1 Å². The molecule has 0 aliphatic carbocycles. The average Bonchev–Trinajstić information content (AvgIpc) is 2.77. The molecule has 8 heteroatoms. The standard InChI is InChI=1S/C14H15FN4O2S/c1-16-12(20)7-11-13(21)19(2)14(22-11)18-17-8-9-3-5-10(15)6-4-9/h3-6,8,11H,7H2,1-2H3,(H,16,20)/b17-8+,18-14-. The minimum Gasteiger partial charge on any atom is -0.359 e. The Kier molecular flexibility index (Phi) is 5.26. The second kappa shape index (κ2) is 7.17. The normalized spacial score (nSPS) is 20.1. The molecule has 1 N–H and O–H groups in total. The molecule has 1 aliphatic rings. The molecular formula is C14H15FN4O2S. The Morgan fingerprint density at radius 1 is 1.45 bits per heavy atom. The molecule has 1 aliphatic heterocycles. The highest BCUT2D eigenvalue weighted by molar-refractivity contribution is 8.15. The summed E-state index contributed by atoms with van der Waals surface area (Å²) in [5.74, 6) is -0.697. The van der Waals surface area contributed by atoms with Gasteiger partial charge in [-0.25, -0.2) is 4.39 Å². The molecule has 1 aromatic carbocycles. The second-order valence-electron chi connectivity index (χ2n) is 4.56. The number of carbonyl (C=O) groups excluding carboxylic acids is 2. The number of halogens is 1. The van der Waals surface area contributed by atoms with Crippen LogP contribution in [0.1, 0.15) is 12.0 Å². The fourth-order valence-corrected chi connectivity index (χ4v) is 2.84. The van der Waals surface area contributed by atoms with Crippen molar-refractivity contribution < 1.29 is 14.0 Å². The molecule has 22 heavy (non-hydrogen) atoms. The van der Waals surface area contributed by atoms with E-state index in [1.54, 1.807) is 19.2 Å². The van der Waals surface area contributed by atoms with Crippen LogP contribution in [0, 0.1) is 5.82 Å². The van der Waals surface area contributed by atoms with E-state index in [1.165, 1.54) is 42.1 Å². The van der Waals surface area contributed by atoms with Crippen molar-refractivity contribution in [2.45, 2.75) is 11.7 Å². The van der Waals surface area contributed by atoms with Crippen molar-refractivity contribution in [3.63, 3.8) is 0 Å². The summed E-state index contributed by atoms with van der Waals surface area (Å²) in [5.41, 5.74) is 0.699. The fourth-order valence-electron chi connectivity index (χ4n) is 1.75. The lowest BCUT2D eigenvalue weighted by atomic mass is 10.2. The number of nitrogens with zero attached hydrogens (tertiary/aromatic N) is 3. The SMILES string of the molecule is CNC(=O)CC1S/C(=N\N=C\c2ccc(F)cc2)N(C)C1=O. The van der Waals surface area contributed by atoms with Gasteiger partial charge < -0.3 is 5.32 Å². The molecule has 0 spiro atoms. The van der Waals surface area contributed by atoms with E-state index in [0.717, 1.165) is 0 Å². The van der Waals surface area contributed by atoms with Crippen LogP contribution in [0.4, 0.5) is 4.39 Å². The number of hydrogen-bond donors (Lipinski definition) is 1. The highest BCUT2D eigenvalue weighted by atomic mass is 32.2. The van der Waals surface area contributed by atoms with E-state index in [-0.39, 0.29) is 24.1 Å². The minimum atomic E-state index is -0.482. The fraction of sp³-hybridized carbons (Fsp3) is 0.286. The van der Waals surface area contributed by atoms with Crippen LogP contribution in [0.25, 0.3) is 0 Å². The van der Waals surface area contributed by atoms with Crippen LogP contribution in [0.15, 0.2) is 34.5 Å². The van der Waals surface area contributed by atoms with Gasteiger partial charge in [-0.05, 0) is 17.7 Å². The Morgan fingerprint density at radius 3 is 2.77 bits per heavy atom. The third-order valence-corrected chi connectivity index (χ3v) is 4.23. The molecule has 2 rings (SSSR count). The van der Waals surface area contributed by atoms with E-state index in [1.807, 2.05) is 0 Å². The first kappa shape index (κ1) is 16.2. The first-order chi connectivity index (χ1) is 10.5. The van der Waals surface area contributed by atoms with Gasteiger partial charge in [0, 0.05) is 20.5 Å². The van der Waals surface area contributed by atoms with E-state index in [9.17, 15) is 14.0 Å². The summed E-state index contributed by atoms with van der Waals surface area (Å²) in [6.45, 7) is 0. The number of rotatable bonds is 4. The monoisotopic (exact) mass is 322 g/mol. The van der Waals surface area contributed by atoms with Crippen molar-refractivity contribution in [1.82, 2.24) is 10.2 Å². The Hall–Kier alpha value is -2.22. The van der Waals surface area contributed by atoms with Crippen molar-refractivity contribution in [3.05, 3.63) is 35.6 Å². The quantitative estimate of drug-likeness (QED) is 0.669. The summed E-state index contributed by atoms with van der Waals surface area (Å²) in [4.78, 5) is 24.7. The number of carbonyl (C=O) groups is 2. The first-order valence-corrected chi connectivity index (χ1v) is 7.40. The Balaban J connectivity index is 2.03. The summed E-state index contributed by atoms with van der Waals surface area (Å²) in [6, 6.07) is 5.80. The lowest BCUT2D eigenvalue weighted by molar-refractivity contribution is -0.128. The van der Waals surface area contributed by atoms with Gasteiger partial charge >= 0.3 is 0 Å². The summed E-state index contributed by atoms with van der Waals surface area (Å²) in [6.07, 6.45) is 1.57. The number of amides is 2. The van der Waals surface area contributed by atoms with Crippen LogP contribution in [-0.4, -0.2) is 47.4 Å². The van der Waals surface area contributed by atoms with Gasteiger partial charge in [0.05, 0.1) is 6.21 Å². The van der Waals surface area contributed by atoms with Crippen LogP contribution in [-0.2, 0) is 9.59 Å². The van der Waals surface area contributed by atoms with Gasteiger partial charge in [-0.15, -0.1) is 5.10 Å². The number of hydrogen-bond acceptors (Lipinski definition) is 5. The maximum absolute atomic E-state index is 12.8. The van der Waals surface area contributed by atoms with Crippen molar-refractivity contribution in [2.24, 2.45) is 10.2 Å². The summed E-state index contributed by atoms with van der Waals surface area (Å²) < 4.78 is 12.8. The number of benzene rings is 1. The molecule has 1 aromatic rings. The molecule has 1 heterocycles. The van der Waals surface area contributed by atoms with E-state index < -0.39 is 5.25 Å². The lowest BCUT2D eigenvalue weighted by Gasteiger charge is -2.07. The van der Waals surface area contributed by atoms with Crippen LogP contribution < -0.4 is 5.32 Å². The molecular weight excluding hydrogens is 307 g/mol. The number of amidine groups is 1. The molecule has 1 saturated heterocycles. The van der Waals surface area contributed by atoms with Gasteiger partial charge in [-0.3, -0.25) is 14.5 Å². The predicted molar refractivity (Wildman–Crippen MR) is 84.3 cm³/mol. The van der Waals surface area contributed by atoms with Crippen molar-refractivity contribution in [1.29, 1.82) is 0 Å². The van der Waals surface area contributed by atoms with Gasteiger partial charge in [0.25, 0.3) is 0 Å². The lowest BCUT2D eigenvalue weighted by Crippen LogP contribution is -2.31. The van der Waals surface area contributed by atoms with E-state index >= 15 is 0 Å². The zero-order valence-corrected chi connectivity index (χ0v) is 12.9. The third-order valence-electron chi connectivity index (χ3n) is 3.01. The summed E-state index contributed by atoms with van der Waals surface area (Å²) >= 11 is 1.20. The molecule has 1 unspecified atom stereocenters. The zero-order chi connectivity index (χ0) is 16.1. The van der Waals surface area contributed by atoms with Gasteiger partial charge in [0.2, 0.25) is 11.8 Å². The van der Waals surface area contributed by atoms with Crippen molar-refractivity contribution >= 4 is 35.0 Å². The number of nitrogens with one attached hydrogen (secondary N) is 1. The average molecular weight is 322 g/mol. The minimum absolute atomic E-state index is 0.102.